The van der Waals surface area contributed by atoms with Crippen LogP contribution in [0.25, 0.3) is 0 Å². The summed E-state index contributed by atoms with van der Waals surface area (Å²) in [6.07, 6.45) is 2.78. The topological polar surface area (TPSA) is 113 Å². The van der Waals surface area contributed by atoms with E-state index in [1.54, 1.807) is 25.1 Å². The molecule has 2 atom stereocenters. The number of Topliss-reactive ketones (excluding diaryl/α,β-unsaturated/α-hetero) is 1. The van der Waals surface area contributed by atoms with Crippen molar-refractivity contribution in [3.05, 3.63) is 52.6 Å². The Labute approximate surface area is 207 Å². The summed E-state index contributed by atoms with van der Waals surface area (Å²) in [6.45, 7) is 8.04. The van der Waals surface area contributed by atoms with Crippen LogP contribution in [0.1, 0.15) is 86.5 Å². The number of aromatic hydroxyl groups is 1. The van der Waals surface area contributed by atoms with Crippen LogP contribution in [0.3, 0.4) is 0 Å². The monoisotopic (exact) mass is 486 g/mol. The second kappa shape index (κ2) is 13.7. The van der Waals surface area contributed by atoms with Gasteiger partial charge in [-0.3, -0.25) is 9.59 Å². The Morgan fingerprint density at radius 3 is 2.20 bits per heavy atom. The lowest BCUT2D eigenvalue weighted by Gasteiger charge is -2.20. The van der Waals surface area contributed by atoms with Crippen molar-refractivity contribution in [2.45, 2.75) is 72.3 Å². The fourth-order valence-corrected chi connectivity index (χ4v) is 4.06. The third-order valence-corrected chi connectivity index (χ3v) is 5.90. The summed E-state index contributed by atoms with van der Waals surface area (Å²) < 4.78 is 11.9. The van der Waals surface area contributed by atoms with Crippen molar-refractivity contribution < 1.29 is 34.4 Å². The first-order valence-corrected chi connectivity index (χ1v) is 12.3. The lowest BCUT2D eigenvalue weighted by molar-refractivity contribution is -0.139. The van der Waals surface area contributed by atoms with Gasteiger partial charge < -0.3 is 24.8 Å². The van der Waals surface area contributed by atoms with Crippen LogP contribution >= 0.6 is 0 Å². The molecule has 35 heavy (non-hydrogen) atoms. The van der Waals surface area contributed by atoms with Crippen LogP contribution in [-0.4, -0.2) is 40.3 Å². The van der Waals surface area contributed by atoms with Gasteiger partial charge in [0.05, 0.1) is 31.3 Å². The zero-order chi connectivity index (χ0) is 26.0. The van der Waals surface area contributed by atoms with Crippen molar-refractivity contribution in [1.82, 2.24) is 0 Å². The normalized spacial score (nSPS) is 12.7. The maximum atomic E-state index is 11.7. The molecule has 0 aliphatic carbocycles. The molecule has 0 aromatic heterocycles. The molecule has 3 N–H and O–H groups in total. The van der Waals surface area contributed by atoms with Crippen molar-refractivity contribution in [1.29, 1.82) is 0 Å². The number of hydrogen-bond donors (Lipinski definition) is 3. The van der Waals surface area contributed by atoms with Crippen LogP contribution < -0.4 is 9.47 Å². The van der Waals surface area contributed by atoms with Gasteiger partial charge in [-0.25, -0.2) is 0 Å². The molecule has 0 saturated heterocycles. The average molecular weight is 487 g/mol. The van der Waals surface area contributed by atoms with E-state index >= 15 is 0 Å². The number of carbonyl (C=O) groups excluding carboxylic acids is 1. The van der Waals surface area contributed by atoms with Gasteiger partial charge in [0.25, 0.3) is 0 Å². The fraction of sp³-hybridized carbons (Fsp3) is 0.500. The smallest absolute Gasteiger partial charge is 0.303 e. The van der Waals surface area contributed by atoms with E-state index in [1.165, 1.54) is 6.92 Å². The molecule has 0 amide bonds. The van der Waals surface area contributed by atoms with Crippen LogP contribution in [0, 0.1) is 5.92 Å². The first-order valence-electron chi connectivity index (χ1n) is 12.3. The molecule has 0 radical (unpaired) electrons. The van der Waals surface area contributed by atoms with Gasteiger partial charge in [-0.2, -0.15) is 0 Å². The van der Waals surface area contributed by atoms with E-state index in [2.05, 4.69) is 6.92 Å². The maximum Gasteiger partial charge on any atom is 0.303 e. The number of ketones is 1. The van der Waals surface area contributed by atoms with Crippen molar-refractivity contribution in [2.75, 3.05) is 13.2 Å². The summed E-state index contributed by atoms with van der Waals surface area (Å²) in [5, 5.41) is 30.0. The van der Waals surface area contributed by atoms with E-state index < -0.39 is 18.0 Å². The molecule has 2 aromatic rings. The summed E-state index contributed by atoms with van der Waals surface area (Å²) in [5.74, 6) is -0.194. The number of carboxylic acid groups (broad SMARTS) is 1. The number of aliphatic hydroxyl groups is 1. The number of aliphatic carboxylic acids is 1. The molecule has 192 valence electrons. The Bertz CT molecular complexity index is 999. The Morgan fingerprint density at radius 1 is 0.971 bits per heavy atom. The number of phenols is 1. The summed E-state index contributed by atoms with van der Waals surface area (Å²) in [4.78, 5) is 22.7. The van der Waals surface area contributed by atoms with Gasteiger partial charge in [-0.15, -0.1) is 0 Å². The van der Waals surface area contributed by atoms with Gasteiger partial charge in [-0.05, 0) is 61.1 Å². The maximum absolute atomic E-state index is 11.7. The number of aryl methyl sites for hydroxylation is 1. The van der Waals surface area contributed by atoms with E-state index in [9.17, 15) is 19.8 Å². The molecule has 0 bridgehead atoms. The summed E-state index contributed by atoms with van der Waals surface area (Å²) >= 11 is 0. The van der Waals surface area contributed by atoms with E-state index in [4.69, 9.17) is 14.6 Å². The molecule has 0 heterocycles. The van der Waals surface area contributed by atoms with Gasteiger partial charge in [0.1, 0.15) is 17.2 Å². The Morgan fingerprint density at radius 2 is 1.60 bits per heavy atom. The number of hydrogen-bond acceptors (Lipinski definition) is 6. The minimum atomic E-state index is -0.931. The van der Waals surface area contributed by atoms with Gasteiger partial charge >= 0.3 is 5.97 Å². The second-order valence-corrected chi connectivity index (χ2v) is 8.93. The Hall–Kier alpha value is -3.06. The molecule has 2 rings (SSSR count). The summed E-state index contributed by atoms with van der Waals surface area (Å²) in [6, 6.07) is 8.83. The lowest BCUT2D eigenvalue weighted by Crippen LogP contribution is -2.14. The highest BCUT2D eigenvalue weighted by atomic mass is 16.5. The predicted molar refractivity (Wildman–Crippen MR) is 135 cm³/mol. The second-order valence-electron chi connectivity index (χ2n) is 8.93. The molecule has 0 aliphatic rings. The number of rotatable bonds is 15. The average Bonchev–Trinajstić information content (AvgIpc) is 2.80. The Kier molecular flexibility index (Phi) is 11.1. The number of ether oxygens (including phenoxy) is 2. The van der Waals surface area contributed by atoms with Crippen molar-refractivity contribution in [3.63, 3.8) is 0 Å². The number of aliphatic hydroxyl groups excluding tert-OH is 1. The third kappa shape index (κ3) is 7.99. The molecule has 0 fully saturated rings. The summed E-state index contributed by atoms with van der Waals surface area (Å²) in [5.41, 5.74) is 2.62. The molecule has 0 saturated carbocycles. The molecular formula is C28H38O7. The first kappa shape index (κ1) is 28.2. The van der Waals surface area contributed by atoms with Crippen LogP contribution in [0.2, 0.25) is 0 Å². The van der Waals surface area contributed by atoms with Gasteiger partial charge in [0.2, 0.25) is 0 Å². The minimum absolute atomic E-state index is 0.00254. The van der Waals surface area contributed by atoms with Gasteiger partial charge in [-0.1, -0.05) is 39.7 Å². The fourth-order valence-electron chi connectivity index (χ4n) is 4.06. The van der Waals surface area contributed by atoms with Gasteiger partial charge in [0, 0.05) is 12.0 Å². The van der Waals surface area contributed by atoms with Crippen LogP contribution in [0.4, 0.5) is 0 Å². The molecular weight excluding hydrogens is 448 g/mol. The molecule has 7 nitrogen and oxygen atoms in total. The zero-order valence-corrected chi connectivity index (χ0v) is 21.2. The molecule has 2 unspecified atom stereocenters. The number of phenolic OH excluding ortho intramolecular Hbond substituents is 1. The number of carbonyl (C=O) groups is 2. The van der Waals surface area contributed by atoms with Crippen LogP contribution in [0.5, 0.6) is 17.2 Å². The zero-order valence-electron chi connectivity index (χ0n) is 21.2. The quantitative estimate of drug-likeness (QED) is 0.225. The molecule has 7 heteroatoms. The molecule has 0 aliphatic heterocycles. The lowest BCUT2D eigenvalue weighted by atomic mass is 9.92. The van der Waals surface area contributed by atoms with E-state index in [0.717, 1.165) is 30.6 Å². The van der Waals surface area contributed by atoms with Crippen LogP contribution in [0.15, 0.2) is 30.3 Å². The van der Waals surface area contributed by atoms with E-state index in [1.807, 2.05) is 19.1 Å². The standard InChI is InChI=1S/C28H38O7/c1-5-8-20-17-21(27(32)18(3)16-26(30)31)10-12-24(20)34-14-7-15-35-25-13-11-22(19(4)29)28(33)23(25)9-6-2/h10-13,17-18,27,32-33H,5-9,14-16H2,1-4H3,(H,30,31). The largest absolute Gasteiger partial charge is 0.507 e. The Balaban J connectivity index is 1.99. The third-order valence-electron chi connectivity index (χ3n) is 5.90. The van der Waals surface area contributed by atoms with Crippen molar-refractivity contribution in [2.24, 2.45) is 5.92 Å². The highest BCUT2D eigenvalue weighted by molar-refractivity contribution is 5.97. The first-order chi connectivity index (χ1) is 16.7. The van der Waals surface area contributed by atoms with Crippen molar-refractivity contribution >= 4 is 11.8 Å². The highest BCUT2D eigenvalue weighted by Crippen LogP contribution is 2.33. The highest BCUT2D eigenvalue weighted by Gasteiger charge is 2.20. The minimum Gasteiger partial charge on any atom is -0.507 e. The van der Waals surface area contributed by atoms with E-state index in [0.29, 0.717) is 48.5 Å². The molecule has 0 spiro atoms. The van der Waals surface area contributed by atoms with Crippen LogP contribution in [-0.2, 0) is 17.6 Å². The predicted octanol–water partition coefficient (Wildman–Crippen LogP) is 5.49. The SMILES string of the molecule is CCCc1cc(C(O)C(C)CC(=O)O)ccc1OCCCOc1ccc(C(C)=O)c(O)c1CCC. The summed E-state index contributed by atoms with van der Waals surface area (Å²) in [7, 11) is 0. The molecule has 2 aromatic carbocycles. The van der Waals surface area contributed by atoms with Crippen molar-refractivity contribution in [3.8, 4) is 17.2 Å². The van der Waals surface area contributed by atoms with Gasteiger partial charge in [0.15, 0.2) is 5.78 Å². The number of benzene rings is 2. The number of carboxylic acids is 1. The van der Waals surface area contributed by atoms with E-state index in [-0.39, 0.29) is 18.0 Å².